The van der Waals surface area contributed by atoms with Gasteiger partial charge >= 0.3 is 6.09 Å². The van der Waals surface area contributed by atoms with Gasteiger partial charge in [-0.1, -0.05) is 0 Å². The molecule has 0 atom stereocenters. The number of ether oxygens (including phenoxy) is 1. The molecule has 0 saturated carbocycles. The summed E-state index contributed by atoms with van der Waals surface area (Å²) in [5, 5.41) is 10.4. The van der Waals surface area contributed by atoms with Crippen LogP contribution in [0.1, 0.15) is 6.92 Å². The van der Waals surface area contributed by atoms with Crippen molar-refractivity contribution in [1.82, 2.24) is 20.1 Å². The van der Waals surface area contributed by atoms with Crippen LogP contribution in [0.2, 0.25) is 0 Å². The van der Waals surface area contributed by atoms with Gasteiger partial charge in [-0.2, -0.15) is 10.1 Å². The van der Waals surface area contributed by atoms with E-state index in [1.807, 2.05) is 4.90 Å². The highest BCUT2D eigenvalue weighted by Gasteiger charge is 2.23. The largest absolute Gasteiger partial charge is 0.450 e. The van der Waals surface area contributed by atoms with Crippen LogP contribution in [0.3, 0.4) is 0 Å². The van der Waals surface area contributed by atoms with Crippen molar-refractivity contribution < 1.29 is 18.3 Å². The number of nitrogens with zero attached hydrogens (tertiary/aromatic N) is 5. The van der Waals surface area contributed by atoms with Gasteiger partial charge in [0.15, 0.2) is 5.82 Å². The highest BCUT2D eigenvalue weighted by atomic mass is 19.1. The minimum Gasteiger partial charge on any atom is -0.450 e. The second-order valence-corrected chi connectivity index (χ2v) is 5.56. The second kappa shape index (κ2) is 7.89. The van der Waals surface area contributed by atoms with Crippen molar-refractivity contribution in [2.45, 2.75) is 6.92 Å². The number of rotatable bonds is 4. The van der Waals surface area contributed by atoms with Crippen molar-refractivity contribution in [1.29, 1.82) is 0 Å². The topological polar surface area (TPSA) is 83.5 Å². The Labute approximate surface area is 148 Å². The van der Waals surface area contributed by atoms with Crippen LogP contribution in [0.15, 0.2) is 24.4 Å². The molecule has 1 aliphatic heterocycles. The fourth-order valence-electron chi connectivity index (χ4n) is 2.54. The lowest BCUT2D eigenvalue weighted by atomic mass is 10.3. The summed E-state index contributed by atoms with van der Waals surface area (Å²) in [4.78, 5) is 19.6. The molecule has 138 valence electrons. The first-order chi connectivity index (χ1) is 12.6. The van der Waals surface area contributed by atoms with Crippen molar-refractivity contribution in [3.05, 3.63) is 36.0 Å². The molecule has 1 fully saturated rings. The maximum Gasteiger partial charge on any atom is 0.409 e. The summed E-state index contributed by atoms with van der Waals surface area (Å²) < 4.78 is 31.7. The van der Waals surface area contributed by atoms with E-state index in [4.69, 9.17) is 4.74 Å². The van der Waals surface area contributed by atoms with Crippen LogP contribution in [0, 0.1) is 11.6 Å². The van der Waals surface area contributed by atoms with Gasteiger partial charge < -0.3 is 19.9 Å². The highest BCUT2D eigenvalue weighted by molar-refractivity contribution is 5.68. The van der Waals surface area contributed by atoms with E-state index in [2.05, 4.69) is 20.5 Å². The van der Waals surface area contributed by atoms with Crippen LogP contribution in [-0.2, 0) is 4.74 Å². The molecule has 26 heavy (non-hydrogen) atoms. The van der Waals surface area contributed by atoms with Gasteiger partial charge in [0.1, 0.15) is 11.6 Å². The van der Waals surface area contributed by atoms with Gasteiger partial charge in [-0.25, -0.2) is 13.6 Å². The Bertz CT molecular complexity index is 783. The molecule has 1 aromatic heterocycles. The number of carbonyl (C=O) groups excluding carboxylic acids is 1. The van der Waals surface area contributed by atoms with E-state index in [9.17, 15) is 13.6 Å². The second-order valence-electron chi connectivity index (χ2n) is 5.56. The fraction of sp³-hybridized carbons (Fsp3) is 0.375. The minimum atomic E-state index is -0.748. The molecule has 0 radical (unpaired) electrons. The average molecular weight is 364 g/mol. The Morgan fingerprint density at radius 3 is 2.73 bits per heavy atom. The zero-order valence-corrected chi connectivity index (χ0v) is 14.2. The summed E-state index contributed by atoms with van der Waals surface area (Å²) in [6.07, 6.45) is 1.16. The highest BCUT2D eigenvalue weighted by Crippen LogP contribution is 2.20. The van der Waals surface area contributed by atoms with Crippen molar-refractivity contribution in [3.8, 4) is 0 Å². The van der Waals surface area contributed by atoms with Gasteiger partial charge in [-0.15, -0.1) is 5.10 Å². The van der Waals surface area contributed by atoms with Crippen LogP contribution in [-0.4, -0.2) is 59.0 Å². The Morgan fingerprint density at radius 1 is 1.27 bits per heavy atom. The fourth-order valence-corrected chi connectivity index (χ4v) is 2.54. The van der Waals surface area contributed by atoms with E-state index in [0.717, 1.165) is 12.1 Å². The first-order valence-corrected chi connectivity index (χ1v) is 8.15. The molecule has 1 saturated heterocycles. The Kier molecular flexibility index (Phi) is 5.40. The summed E-state index contributed by atoms with van der Waals surface area (Å²) in [7, 11) is 0. The van der Waals surface area contributed by atoms with E-state index in [-0.39, 0.29) is 17.7 Å². The molecule has 3 rings (SSSR count). The van der Waals surface area contributed by atoms with Gasteiger partial charge in [0.05, 0.1) is 18.5 Å². The molecule has 8 nitrogen and oxygen atoms in total. The third kappa shape index (κ3) is 4.13. The minimum absolute atomic E-state index is 0.0532. The van der Waals surface area contributed by atoms with Gasteiger partial charge in [0, 0.05) is 32.2 Å². The van der Waals surface area contributed by atoms with E-state index in [0.29, 0.717) is 38.6 Å². The van der Waals surface area contributed by atoms with Crippen LogP contribution in [0.25, 0.3) is 0 Å². The van der Waals surface area contributed by atoms with Gasteiger partial charge in [0.2, 0.25) is 5.95 Å². The zero-order chi connectivity index (χ0) is 18.5. The Morgan fingerprint density at radius 2 is 2.04 bits per heavy atom. The first kappa shape index (κ1) is 17.8. The van der Waals surface area contributed by atoms with Crippen LogP contribution in [0.5, 0.6) is 0 Å². The number of carbonyl (C=O) groups is 1. The standard InChI is InChI=1S/C16H18F2N6O2/c1-2-26-16(25)24-7-5-23(6-8-24)14-10-19-22-15(21-14)20-13-4-3-11(17)9-12(13)18/h3-4,9-10H,2,5-8H2,1H3,(H,20,21,22). The molecule has 0 unspecified atom stereocenters. The number of hydrogen-bond acceptors (Lipinski definition) is 7. The normalized spacial score (nSPS) is 14.3. The van der Waals surface area contributed by atoms with Gasteiger partial charge in [-0.3, -0.25) is 0 Å². The van der Waals surface area contributed by atoms with Crippen molar-refractivity contribution in [3.63, 3.8) is 0 Å². The summed E-state index contributed by atoms with van der Waals surface area (Å²) in [5.74, 6) is -0.767. The first-order valence-electron chi connectivity index (χ1n) is 8.15. The Balaban J connectivity index is 1.65. The van der Waals surface area contributed by atoms with E-state index in [1.54, 1.807) is 11.8 Å². The molecule has 0 bridgehead atoms. The lowest BCUT2D eigenvalue weighted by Crippen LogP contribution is -2.49. The molecular weight excluding hydrogens is 346 g/mol. The molecule has 0 aliphatic carbocycles. The number of halogens is 2. The lowest BCUT2D eigenvalue weighted by Gasteiger charge is -2.34. The van der Waals surface area contributed by atoms with Crippen molar-refractivity contribution >= 4 is 23.5 Å². The predicted molar refractivity (Wildman–Crippen MR) is 90.3 cm³/mol. The number of benzene rings is 1. The third-order valence-electron chi connectivity index (χ3n) is 3.85. The molecule has 1 aliphatic rings. The number of piperazine rings is 1. The molecule has 2 heterocycles. The maximum atomic E-state index is 13.7. The number of amides is 1. The van der Waals surface area contributed by atoms with Gasteiger partial charge in [0.25, 0.3) is 0 Å². The van der Waals surface area contributed by atoms with Crippen LogP contribution >= 0.6 is 0 Å². The molecular formula is C16H18F2N6O2. The predicted octanol–water partition coefficient (Wildman–Crippen LogP) is 2.17. The van der Waals surface area contributed by atoms with Crippen molar-refractivity contribution in [2.24, 2.45) is 0 Å². The SMILES string of the molecule is CCOC(=O)N1CCN(c2cnnc(Nc3ccc(F)cc3F)n2)CC1. The third-order valence-corrected chi connectivity index (χ3v) is 3.85. The molecule has 0 spiro atoms. The summed E-state index contributed by atoms with van der Waals surface area (Å²) >= 11 is 0. The van der Waals surface area contributed by atoms with E-state index in [1.165, 1.54) is 12.3 Å². The Hall–Kier alpha value is -3.04. The maximum absolute atomic E-state index is 13.7. The van der Waals surface area contributed by atoms with E-state index < -0.39 is 11.6 Å². The number of aromatic nitrogens is 3. The van der Waals surface area contributed by atoms with Crippen molar-refractivity contribution in [2.75, 3.05) is 43.0 Å². The molecule has 1 N–H and O–H groups in total. The summed E-state index contributed by atoms with van der Waals surface area (Å²) in [6, 6.07) is 3.17. The number of hydrogen-bond donors (Lipinski definition) is 1. The molecule has 10 heteroatoms. The lowest BCUT2D eigenvalue weighted by molar-refractivity contribution is 0.105. The van der Waals surface area contributed by atoms with Crippen LogP contribution in [0.4, 0.5) is 31.0 Å². The van der Waals surface area contributed by atoms with Crippen LogP contribution < -0.4 is 10.2 Å². The smallest absolute Gasteiger partial charge is 0.409 e. The number of nitrogens with one attached hydrogen (secondary N) is 1. The van der Waals surface area contributed by atoms with Gasteiger partial charge in [-0.05, 0) is 19.1 Å². The number of anilines is 3. The molecule has 1 aromatic carbocycles. The quantitative estimate of drug-likeness (QED) is 0.890. The molecule has 2 aromatic rings. The van der Waals surface area contributed by atoms with E-state index >= 15 is 0 Å². The summed E-state index contributed by atoms with van der Waals surface area (Å²) in [6.45, 7) is 4.21. The molecule has 1 amide bonds. The average Bonchev–Trinajstić information content (AvgIpc) is 2.65. The monoisotopic (exact) mass is 364 g/mol. The summed E-state index contributed by atoms with van der Waals surface area (Å²) in [5.41, 5.74) is 0.0532. The zero-order valence-electron chi connectivity index (χ0n) is 14.2.